The van der Waals surface area contributed by atoms with E-state index in [1.165, 1.54) is 22.5 Å². The largest absolute Gasteiger partial charge is 0.397 e. The van der Waals surface area contributed by atoms with Gasteiger partial charge < -0.3 is 21.7 Å². The molecule has 5 N–H and O–H groups in total. The number of fused-ring (bicyclic) bond motifs is 1. The van der Waals surface area contributed by atoms with Crippen LogP contribution in [-0.4, -0.2) is 37.1 Å². The van der Waals surface area contributed by atoms with Crippen LogP contribution in [0.3, 0.4) is 0 Å². The first-order chi connectivity index (χ1) is 13.6. The quantitative estimate of drug-likeness (QED) is 0.532. The van der Waals surface area contributed by atoms with Crippen LogP contribution in [0, 0.1) is 0 Å². The van der Waals surface area contributed by atoms with Crippen LogP contribution in [0.4, 0.5) is 5.69 Å². The van der Waals surface area contributed by atoms with Gasteiger partial charge in [-0.05, 0) is 36.6 Å². The summed E-state index contributed by atoms with van der Waals surface area (Å²) in [5, 5.41) is 10.8. The molecule has 1 aliphatic rings. The topological polar surface area (TPSA) is 92.1 Å². The van der Waals surface area contributed by atoms with Crippen molar-refractivity contribution in [3.05, 3.63) is 58.6 Å². The number of nitrogens with zero attached hydrogens (tertiary/aromatic N) is 1. The monoisotopic (exact) mass is 395 g/mol. The van der Waals surface area contributed by atoms with Crippen molar-refractivity contribution in [2.75, 3.05) is 31.9 Å². The summed E-state index contributed by atoms with van der Waals surface area (Å²) in [4.78, 5) is 18.1. The van der Waals surface area contributed by atoms with Gasteiger partial charge in [-0.15, -0.1) is 11.3 Å². The van der Waals surface area contributed by atoms with E-state index in [-0.39, 0.29) is 11.4 Å². The lowest BCUT2D eigenvalue weighted by atomic mass is 9.89. The number of pyridine rings is 1. The molecule has 0 spiro atoms. The number of amides is 1. The van der Waals surface area contributed by atoms with Crippen molar-refractivity contribution >= 4 is 33.1 Å². The Kier molecular flexibility index (Phi) is 5.30. The molecule has 1 aliphatic heterocycles. The van der Waals surface area contributed by atoms with Crippen molar-refractivity contribution in [2.45, 2.75) is 18.9 Å². The molecule has 3 heterocycles. The van der Waals surface area contributed by atoms with Crippen LogP contribution in [0.1, 0.15) is 27.7 Å². The molecule has 0 radical (unpaired) electrons. The molecule has 28 heavy (non-hydrogen) atoms. The summed E-state index contributed by atoms with van der Waals surface area (Å²) in [7, 11) is 0. The number of benzene rings is 1. The zero-order valence-electron chi connectivity index (χ0n) is 15.9. The van der Waals surface area contributed by atoms with E-state index in [0.717, 1.165) is 36.3 Å². The van der Waals surface area contributed by atoms with Gasteiger partial charge in [-0.1, -0.05) is 24.3 Å². The van der Waals surface area contributed by atoms with E-state index in [9.17, 15) is 4.79 Å². The Labute approximate surface area is 168 Å². The predicted molar refractivity (Wildman–Crippen MR) is 115 cm³/mol. The summed E-state index contributed by atoms with van der Waals surface area (Å²) in [6.45, 7) is 5.69. The summed E-state index contributed by atoms with van der Waals surface area (Å²) in [5.74, 6) is -0.137. The van der Waals surface area contributed by atoms with Gasteiger partial charge >= 0.3 is 0 Å². The number of hydrogen-bond donors (Lipinski definition) is 4. The molecular formula is C21H25N5OS. The first kappa shape index (κ1) is 18.9. The smallest absolute Gasteiger partial charge is 0.263 e. The molecule has 0 aliphatic carbocycles. The number of carbonyl (C=O) groups is 1. The maximum absolute atomic E-state index is 12.5. The highest BCUT2D eigenvalue weighted by atomic mass is 32.1. The van der Waals surface area contributed by atoms with Crippen molar-refractivity contribution < 1.29 is 4.79 Å². The third-order valence-corrected chi connectivity index (χ3v) is 6.42. The van der Waals surface area contributed by atoms with E-state index < -0.39 is 0 Å². The molecule has 6 nitrogen and oxygen atoms in total. The highest BCUT2D eigenvalue weighted by molar-refractivity contribution is 7.21. The summed E-state index contributed by atoms with van der Waals surface area (Å²) < 4.78 is 0. The molecule has 1 saturated heterocycles. The summed E-state index contributed by atoms with van der Waals surface area (Å²) >= 11 is 1.33. The maximum atomic E-state index is 12.5. The molecule has 4 rings (SSSR count). The second-order valence-corrected chi connectivity index (χ2v) is 8.34. The van der Waals surface area contributed by atoms with E-state index in [1.807, 2.05) is 12.1 Å². The first-order valence-corrected chi connectivity index (χ1v) is 10.3. The number of nitrogens with two attached hydrogens (primary N) is 1. The molecule has 1 unspecified atom stereocenters. The molecule has 1 fully saturated rings. The summed E-state index contributed by atoms with van der Waals surface area (Å²) in [6, 6.07) is 12.3. The van der Waals surface area contributed by atoms with Crippen molar-refractivity contribution in [3.63, 3.8) is 0 Å². The summed E-state index contributed by atoms with van der Waals surface area (Å²) in [6.07, 6.45) is 2.49. The van der Waals surface area contributed by atoms with Gasteiger partial charge in [0.05, 0.1) is 11.2 Å². The van der Waals surface area contributed by atoms with Gasteiger partial charge in [0.1, 0.15) is 9.71 Å². The van der Waals surface area contributed by atoms with Crippen molar-refractivity contribution in [1.82, 2.24) is 20.9 Å². The number of hydrogen-bond acceptors (Lipinski definition) is 6. The van der Waals surface area contributed by atoms with Gasteiger partial charge in [-0.3, -0.25) is 4.79 Å². The summed E-state index contributed by atoms with van der Waals surface area (Å²) in [5.41, 5.74) is 9.07. The van der Waals surface area contributed by atoms with Gasteiger partial charge in [0.2, 0.25) is 0 Å². The zero-order valence-corrected chi connectivity index (χ0v) is 16.7. The lowest BCUT2D eigenvalue weighted by molar-refractivity contribution is 0.0959. The van der Waals surface area contributed by atoms with Crippen molar-refractivity contribution in [2.24, 2.45) is 0 Å². The average molecular weight is 396 g/mol. The van der Waals surface area contributed by atoms with Gasteiger partial charge in [0.15, 0.2) is 0 Å². The number of rotatable bonds is 5. The zero-order chi connectivity index (χ0) is 19.6. The lowest BCUT2D eigenvalue weighted by Gasteiger charge is -2.36. The lowest BCUT2D eigenvalue weighted by Crippen LogP contribution is -2.54. The normalized spacial score (nSPS) is 19.6. The molecule has 2 aromatic heterocycles. The third-order valence-electron chi connectivity index (χ3n) is 5.30. The van der Waals surface area contributed by atoms with Crippen LogP contribution in [0.25, 0.3) is 10.2 Å². The van der Waals surface area contributed by atoms with Crippen LogP contribution in [0.2, 0.25) is 0 Å². The fourth-order valence-corrected chi connectivity index (χ4v) is 4.57. The number of anilines is 1. The predicted octanol–water partition coefficient (Wildman–Crippen LogP) is 2.26. The molecule has 1 amide bonds. The third kappa shape index (κ3) is 3.73. The highest BCUT2D eigenvalue weighted by Crippen LogP contribution is 2.31. The Morgan fingerprint density at radius 1 is 1.29 bits per heavy atom. The highest BCUT2D eigenvalue weighted by Gasteiger charge is 2.27. The standard InChI is InChI=1S/C21H25N5OS/c1-21(13-23-11-12-26-21)15-6-4-14(5-7-15)8-10-24-19(27)18-17(22)16-3-2-9-25-20(16)28-18/h2-7,9,23,26H,8,10-13,22H2,1H3,(H,24,27). The minimum atomic E-state index is -0.137. The van der Waals surface area contributed by atoms with Crippen LogP contribution in [0.5, 0.6) is 0 Å². The second-order valence-electron chi connectivity index (χ2n) is 7.34. The number of aromatic nitrogens is 1. The fourth-order valence-electron chi connectivity index (χ4n) is 3.59. The number of nitrogen functional groups attached to an aromatic ring is 1. The Hall–Kier alpha value is -2.48. The molecule has 146 valence electrons. The van der Waals surface area contributed by atoms with Gasteiger partial charge in [0.25, 0.3) is 5.91 Å². The number of nitrogens with one attached hydrogen (secondary N) is 3. The molecule has 1 aromatic carbocycles. The molecule has 0 saturated carbocycles. The van der Waals surface area contributed by atoms with Crippen LogP contribution in [-0.2, 0) is 12.0 Å². The van der Waals surface area contributed by atoms with Crippen LogP contribution in [0.15, 0.2) is 42.6 Å². The van der Waals surface area contributed by atoms with Gasteiger partial charge in [-0.2, -0.15) is 0 Å². The molecule has 0 bridgehead atoms. The molecule has 3 aromatic rings. The van der Waals surface area contributed by atoms with E-state index in [1.54, 1.807) is 6.20 Å². The van der Waals surface area contributed by atoms with Crippen molar-refractivity contribution in [3.8, 4) is 0 Å². The minimum Gasteiger partial charge on any atom is -0.397 e. The SMILES string of the molecule is CC1(c2ccc(CCNC(=O)c3sc4ncccc4c3N)cc2)CNCCN1. The Morgan fingerprint density at radius 2 is 2.11 bits per heavy atom. The first-order valence-electron chi connectivity index (χ1n) is 9.53. The van der Waals surface area contributed by atoms with E-state index in [0.29, 0.717) is 17.1 Å². The van der Waals surface area contributed by atoms with Crippen LogP contribution >= 0.6 is 11.3 Å². The number of thiophene rings is 1. The van der Waals surface area contributed by atoms with E-state index >= 15 is 0 Å². The Bertz CT molecular complexity index is 976. The van der Waals surface area contributed by atoms with E-state index in [2.05, 4.69) is 52.1 Å². The molecule has 1 atom stereocenters. The maximum Gasteiger partial charge on any atom is 0.263 e. The average Bonchev–Trinajstić information content (AvgIpc) is 3.06. The van der Waals surface area contributed by atoms with Crippen LogP contribution < -0.4 is 21.7 Å². The number of piperazine rings is 1. The fraction of sp³-hybridized carbons (Fsp3) is 0.333. The Balaban J connectivity index is 1.35. The Morgan fingerprint density at radius 3 is 2.82 bits per heavy atom. The minimum absolute atomic E-state index is 0.0300. The van der Waals surface area contributed by atoms with Gasteiger partial charge in [0, 0.05) is 37.8 Å². The molecule has 7 heteroatoms. The second kappa shape index (κ2) is 7.87. The number of carbonyl (C=O) groups excluding carboxylic acids is 1. The van der Waals surface area contributed by atoms with Crippen molar-refractivity contribution in [1.29, 1.82) is 0 Å². The van der Waals surface area contributed by atoms with E-state index in [4.69, 9.17) is 5.73 Å². The van der Waals surface area contributed by atoms with Gasteiger partial charge in [-0.25, -0.2) is 4.98 Å². The molecular weight excluding hydrogens is 370 g/mol.